The summed E-state index contributed by atoms with van der Waals surface area (Å²) in [6, 6.07) is 2.56. The van der Waals surface area contributed by atoms with E-state index in [1.54, 1.807) is 0 Å². The van der Waals surface area contributed by atoms with E-state index in [1.807, 2.05) is 6.92 Å². The molecular formula is C12H16FNO2. The van der Waals surface area contributed by atoms with E-state index < -0.39 is 11.2 Å². The van der Waals surface area contributed by atoms with Crippen molar-refractivity contribution in [3.63, 3.8) is 0 Å². The van der Waals surface area contributed by atoms with E-state index in [-0.39, 0.29) is 11.8 Å². The molecule has 1 aliphatic carbocycles. The van der Waals surface area contributed by atoms with Crippen molar-refractivity contribution in [1.29, 1.82) is 0 Å². The van der Waals surface area contributed by atoms with Gasteiger partial charge < -0.3 is 15.6 Å². The summed E-state index contributed by atoms with van der Waals surface area (Å²) >= 11 is 0. The summed E-state index contributed by atoms with van der Waals surface area (Å²) in [6.45, 7) is 1.84. The normalized spacial score (nSPS) is 19.2. The zero-order valence-electron chi connectivity index (χ0n) is 9.46. The van der Waals surface area contributed by atoms with Crippen molar-refractivity contribution in [1.82, 2.24) is 0 Å². The topological polar surface area (TPSA) is 55.5 Å². The predicted molar refractivity (Wildman–Crippen MR) is 59.2 cm³/mol. The van der Waals surface area contributed by atoms with Crippen molar-refractivity contribution >= 4 is 0 Å². The van der Waals surface area contributed by atoms with Crippen LogP contribution >= 0.6 is 0 Å². The lowest BCUT2D eigenvalue weighted by Gasteiger charge is -2.22. The zero-order chi connectivity index (χ0) is 11.9. The molecule has 1 aliphatic rings. The summed E-state index contributed by atoms with van der Waals surface area (Å²) in [5, 5.41) is 9.97. The van der Waals surface area contributed by atoms with Crippen molar-refractivity contribution in [2.75, 3.05) is 7.11 Å². The Labute approximate surface area is 94.0 Å². The number of benzene rings is 1. The monoisotopic (exact) mass is 225 g/mol. The number of hydrogen-bond acceptors (Lipinski definition) is 3. The molecule has 88 valence electrons. The van der Waals surface area contributed by atoms with Gasteiger partial charge in [0.2, 0.25) is 0 Å². The molecule has 1 aromatic rings. The standard InChI is InChI=1S/C12H16FNO2/c1-7(14)12(5-6-12)10-8(13)3-4-9(16-2)11(10)15/h3-4,7,15H,5-6,14H2,1-2H3. The van der Waals surface area contributed by atoms with Gasteiger partial charge in [-0.2, -0.15) is 0 Å². The third-order valence-corrected chi connectivity index (χ3v) is 3.47. The fourth-order valence-electron chi connectivity index (χ4n) is 2.25. The number of halogens is 1. The van der Waals surface area contributed by atoms with Gasteiger partial charge >= 0.3 is 0 Å². The SMILES string of the molecule is COc1ccc(F)c(C2(C(C)N)CC2)c1O. The number of nitrogens with two attached hydrogens (primary N) is 1. The highest BCUT2D eigenvalue weighted by Crippen LogP contribution is 2.55. The summed E-state index contributed by atoms with van der Waals surface area (Å²) in [6.07, 6.45) is 1.62. The largest absolute Gasteiger partial charge is 0.504 e. The first-order valence-corrected chi connectivity index (χ1v) is 5.34. The Hall–Kier alpha value is -1.29. The van der Waals surface area contributed by atoms with Gasteiger partial charge in [-0.25, -0.2) is 4.39 Å². The van der Waals surface area contributed by atoms with Gasteiger partial charge in [-0.15, -0.1) is 0 Å². The minimum atomic E-state index is -0.414. The molecule has 3 nitrogen and oxygen atoms in total. The molecular weight excluding hydrogens is 209 g/mol. The maximum absolute atomic E-state index is 13.8. The first kappa shape index (κ1) is 11.2. The van der Waals surface area contributed by atoms with Crippen LogP contribution in [0.4, 0.5) is 4.39 Å². The van der Waals surface area contributed by atoms with Crippen LogP contribution in [0.2, 0.25) is 0 Å². The molecule has 0 aromatic heterocycles. The Bertz CT molecular complexity index is 414. The lowest BCUT2D eigenvalue weighted by molar-refractivity contribution is 0.359. The second-order valence-electron chi connectivity index (χ2n) is 4.42. The molecule has 1 saturated carbocycles. The molecule has 0 aliphatic heterocycles. The van der Waals surface area contributed by atoms with Gasteiger partial charge in [0.25, 0.3) is 0 Å². The Morgan fingerprint density at radius 2 is 2.12 bits per heavy atom. The average molecular weight is 225 g/mol. The quantitative estimate of drug-likeness (QED) is 0.826. The van der Waals surface area contributed by atoms with Crippen molar-refractivity contribution in [3.8, 4) is 11.5 Å². The number of hydrogen-bond donors (Lipinski definition) is 2. The summed E-state index contributed by atoms with van der Waals surface area (Å²) in [4.78, 5) is 0. The number of ether oxygens (including phenoxy) is 1. The second-order valence-corrected chi connectivity index (χ2v) is 4.42. The minimum absolute atomic E-state index is 0.114. The average Bonchev–Trinajstić information content (AvgIpc) is 2.99. The molecule has 0 bridgehead atoms. The zero-order valence-corrected chi connectivity index (χ0v) is 9.46. The second kappa shape index (κ2) is 3.63. The van der Waals surface area contributed by atoms with Crippen LogP contribution < -0.4 is 10.5 Å². The van der Waals surface area contributed by atoms with E-state index >= 15 is 0 Å². The van der Waals surface area contributed by atoms with E-state index in [1.165, 1.54) is 19.2 Å². The summed E-state index contributed by atoms with van der Waals surface area (Å²) < 4.78 is 18.8. The lowest BCUT2D eigenvalue weighted by atomic mass is 9.88. The Morgan fingerprint density at radius 3 is 2.56 bits per heavy atom. The molecule has 1 aromatic carbocycles. The van der Waals surface area contributed by atoms with Gasteiger partial charge in [-0.3, -0.25) is 0 Å². The lowest BCUT2D eigenvalue weighted by Crippen LogP contribution is -2.32. The number of methoxy groups -OCH3 is 1. The van der Waals surface area contributed by atoms with E-state index in [2.05, 4.69) is 0 Å². The maximum Gasteiger partial charge on any atom is 0.164 e. The molecule has 2 rings (SSSR count). The van der Waals surface area contributed by atoms with Crippen LogP contribution in [0.1, 0.15) is 25.3 Å². The summed E-state index contributed by atoms with van der Waals surface area (Å²) in [5.74, 6) is -0.228. The molecule has 4 heteroatoms. The molecule has 0 radical (unpaired) electrons. The van der Waals surface area contributed by atoms with Crippen LogP contribution in [0, 0.1) is 5.82 Å². The first-order chi connectivity index (χ1) is 7.53. The molecule has 0 amide bonds. The van der Waals surface area contributed by atoms with E-state index in [4.69, 9.17) is 10.5 Å². The smallest absolute Gasteiger partial charge is 0.164 e. The molecule has 1 unspecified atom stereocenters. The number of phenolic OH excluding ortho intramolecular Hbond substituents is 1. The molecule has 3 N–H and O–H groups in total. The summed E-state index contributed by atoms with van der Waals surface area (Å²) in [5.41, 5.74) is 5.77. The van der Waals surface area contributed by atoms with E-state index in [0.29, 0.717) is 11.3 Å². The third kappa shape index (κ3) is 1.45. The Kier molecular flexibility index (Phi) is 2.54. The van der Waals surface area contributed by atoms with Crippen LogP contribution in [0.25, 0.3) is 0 Å². The summed E-state index contributed by atoms with van der Waals surface area (Å²) in [7, 11) is 1.45. The van der Waals surface area contributed by atoms with Gasteiger partial charge in [0.1, 0.15) is 5.82 Å². The van der Waals surface area contributed by atoms with Crippen LogP contribution in [0.5, 0.6) is 11.5 Å². The van der Waals surface area contributed by atoms with Crippen LogP contribution in [-0.4, -0.2) is 18.3 Å². The van der Waals surface area contributed by atoms with Crippen molar-refractivity contribution in [2.45, 2.75) is 31.2 Å². The number of rotatable bonds is 3. The highest BCUT2D eigenvalue weighted by atomic mass is 19.1. The van der Waals surface area contributed by atoms with Gasteiger partial charge in [0.15, 0.2) is 11.5 Å². The van der Waals surface area contributed by atoms with Crippen molar-refractivity contribution in [2.24, 2.45) is 5.73 Å². The number of phenols is 1. The van der Waals surface area contributed by atoms with E-state index in [0.717, 1.165) is 12.8 Å². The van der Waals surface area contributed by atoms with Crippen molar-refractivity contribution in [3.05, 3.63) is 23.5 Å². The van der Waals surface area contributed by atoms with Crippen LogP contribution in [0.15, 0.2) is 12.1 Å². The molecule has 0 saturated heterocycles. The Balaban J connectivity index is 2.56. The first-order valence-electron chi connectivity index (χ1n) is 5.34. The highest BCUT2D eigenvalue weighted by Gasteiger charge is 2.51. The molecule has 0 heterocycles. The Morgan fingerprint density at radius 1 is 1.50 bits per heavy atom. The van der Waals surface area contributed by atoms with E-state index in [9.17, 15) is 9.50 Å². The maximum atomic E-state index is 13.8. The molecule has 1 atom stereocenters. The van der Waals surface area contributed by atoms with Crippen LogP contribution in [0.3, 0.4) is 0 Å². The third-order valence-electron chi connectivity index (χ3n) is 3.47. The van der Waals surface area contributed by atoms with Gasteiger partial charge in [-0.05, 0) is 31.9 Å². The van der Waals surface area contributed by atoms with Crippen LogP contribution in [-0.2, 0) is 5.41 Å². The molecule has 0 spiro atoms. The van der Waals surface area contributed by atoms with Gasteiger partial charge in [0.05, 0.1) is 7.11 Å². The molecule has 1 fully saturated rings. The molecule has 16 heavy (non-hydrogen) atoms. The predicted octanol–water partition coefficient (Wildman–Crippen LogP) is 1.92. The minimum Gasteiger partial charge on any atom is -0.504 e. The van der Waals surface area contributed by atoms with Gasteiger partial charge in [0, 0.05) is 17.0 Å². The van der Waals surface area contributed by atoms with Gasteiger partial charge in [-0.1, -0.05) is 0 Å². The van der Waals surface area contributed by atoms with Crippen molar-refractivity contribution < 1.29 is 14.2 Å². The highest BCUT2D eigenvalue weighted by molar-refractivity contribution is 5.52. The number of aromatic hydroxyl groups is 1. The fraction of sp³-hybridized carbons (Fsp3) is 0.500. The fourth-order valence-corrected chi connectivity index (χ4v) is 2.25.